The Hall–Kier alpha value is -0.710. The quantitative estimate of drug-likeness (QED) is 0.390. The zero-order valence-corrected chi connectivity index (χ0v) is 9.95. The lowest BCUT2D eigenvalue weighted by molar-refractivity contribution is 0.0125. The Bertz CT molecular complexity index is 316. The number of aliphatic hydroxyl groups is 1. The molecule has 0 aromatic rings. The molecule has 16 heavy (non-hydrogen) atoms. The molecular weight excluding hydrogens is 226 g/mol. The maximum absolute atomic E-state index is 9.62. The van der Waals surface area contributed by atoms with Crippen LogP contribution in [-0.2, 0) is 0 Å². The molecule has 0 aromatic carbocycles. The molecule has 4 nitrogen and oxygen atoms in total. The molecule has 2 rings (SSSR count). The average molecular weight is 244 g/mol. The minimum Gasteiger partial charge on any atom is -0.375 e. The van der Waals surface area contributed by atoms with Gasteiger partial charge in [0.25, 0.3) is 0 Å². The third kappa shape index (κ3) is 2.70. The molecule has 0 saturated carbocycles. The van der Waals surface area contributed by atoms with Gasteiger partial charge in [-0.25, -0.2) is 5.84 Å². The smallest absolute Gasteiger partial charge is 0.140 e. The number of nitrogens with two attached hydrogens (primary N) is 1. The molecular formula is C11H18ClN3O. The topological polar surface area (TPSA) is 61.5 Å². The Labute approximate surface area is 101 Å². The lowest BCUT2D eigenvalue weighted by Crippen LogP contribution is -2.42. The molecule has 0 spiro atoms. The van der Waals surface area contributed by atoms with Gasteiger partial charge in [0.15, 0.2) is 0 Å². The van der Waals surface area contributed by atoms with E-state index in [2.05, 4.69) is 11.4 Å². The zero-order valence-electron chi connectivity index (χ0n) is 9.19. The summed E-state index contributed by atoms with van der Waals surface area (Å²) in [6, 6.07) is 0. The number of hydrogen-bond acceptors (Lipinski definition) is 4. The summed E-state index contributed by atoms with van der Waals surface area (Å²) < 4.78 is 0. The van der Waals surface area contributed by atoms with E-state index in [4.69, 9.17) is 17.4 Å². The fourth-order valence-corrected chi connectivity index (χ4v) is 2.22. The minimum absolute atomic E-state index is 0.0451. The molecule has 0 aliphatic carbocycles. The Morgan fingerprint density at radius 3 is 3.06 bits per heavy atom. The molecule has 0 saturated heterocycles. The van der Waals surface area contributed by atoms with Gasteiger partial charge < -0.3 is 10.4 Å². The van der Waals surface area contributed by atoms with Crippen LogP contribution in [0.1, 0.15) is 32.1 Å². The van der Waals surface area contributed by atoms with Crippen molar-refractivity contribution >= 4 is 11.6 Å². The zero-order chi connectivity index (χ0) is 11.5. The molecule has 2 atom stereocenters. The molecule has 2 aliphatic rings. The van der Waals surface area contributed by atoms with Gasteiger partial charge in [-0.1, -0.05) is 17.7 Å². The van der Waals surface area contributed by atoms with Gasteiger partial charge in [0.05, 0.1) is 0 Å². The lowest BCUT2D eigenvalue weighted by Gasteiger charge is -2.32. The van der Waals surface area contributed by atoms with E-state index in [1.807, 2.05) is 6.20 Å². The second-order valence-electron chi connectivity index (χ2n) is 4.31. The number of halogens is 1. The number of nitrogens with one attached hydrogen (secondary N) is 1. The van der Waals surface area contributed by atoms with Crippen molar-refractivity contribution in [3.8, 4) is 0 Å². The normalized spacial score (nSPS) is 30.6. The van der Waals surface area contributed by atoms with Crippen LogP contribution < -0.4 is 11.2 Å². The van der Waals surface area contributed by atoms with E-state index >= 15 is 0 Å². The predicted molar refractivity (Wildman–Crippen MR) is 64.1 cm³/mol. The highest BCUT2D eigenvalue weighted by atomic mass is 35.5. The van der Waals surface area contributed by atoms with Crippen LogP contribution in [0.25, 0.3) is 0 Å². The van der Waals surface area contributed by atoms with Crippen molar-refractivity contribution < 1.29 is 5.11 Å². The molecule has 5 heteroatoms. The van der Waals surface area contributed by atoms with E-state index in [1.165, 1.54) is 10.6 Å². The summed E-state index contributed by atoms with van der Waals surface area (Å²) in [6.07, 6.45) is 7.85. The summed E-state index contributed by atoms with van der Waals surface area (Å²) in [5.74, 6) is 5.81. The largest absolute Gasteiger partial charge is 0.375 e. The monoisotopic (exact) mass is 243 g/mol. The Balaban J connectivity index is 1.97. The highest BCUT2D eigenvalue weighted by Gasteiger charge is 2.20. The van der Waals surface area contributed by atoms with E-state index in [0.717, 1.165) is 31.4 Å². The van der Waals surface area contributed by atoms with Gasteiger partial charge in [-0.3, -0.25) is 5.01 Å². The number of rotatable bonds is 2. The summed E-state index contributed by atoms with van der Waals surface area (Å²) in [5, 5.41) is 14.2. The Morgan fingerprint density at radius 1 is 1.56 bits per heavy atom. The van der Waals surface area contributed by atoms with Gasteiger partial charge in [-0.2, -0.15) is 0 Å². The lowest BCUT2D eigenvalue weighted by atomic mass is 10.0. The highest BCUT2D eigenvalue weighted by Crippen LogP contribution is 2.26. The molecule has 1 unspecified atom stereocenters. The van der Waals surface area contributed by atoms with Crippen molar-refractivity contribution in [1.29, 1.82) is 0 Å². The number of allylic oxidation sites excluding steroid dienone is 2. The number of alkyl halides is 1. The van der Waals surface area contributed by atoms with E-state index in [0.29, 0.717) is 6.42 Å². The SMILES string of the molecule is NN1C(CC2=CN[C@@H](Cl)CC2)=CCCC1O. The predicted octanol–water partition coefficient (Wildman–Crippen LogP) is 1.38. The van der Waals surface area contributed by atoms with Crippen LogP contribution in [0.4, 0.5) is 0 Å². The average Bonchev–Trinajstić information content (AvgIpc) is 2.28. The van der Waals surface area contributed by atoms with E-state index in [9.17, 15) is 5.11 Å². The van der Waals surface area contributed by atoms with Crippen molar-refractivity contribution in [2.75, 3.05) is 0 Å². The first-order valence-corrected chi connectivity index (χ1v) is 6.09. The van der Waals surface area contributed by atoms with Crippen molar-refractivity contribution in [2.24, 2.45) is 5.84 Å². The number of nitrogens with zero attached hydrogens (tertiary/aromatic N) is 1. The molecule has 4 N–H and O–H groups in total. The molecule has 0 aromatic heterocycles. The molecule has 0 amide bonds. The number of aliphatic hydroxyl groups excluding tert-OH is 1. The van der Waals surface area contributed by atoms with Crippen LogP contribution in [0.5, 0.6) is 0 Å². The second-order valence-corrected chi connectivity index (χ2v) is 4.84. The summed E-state index contributed by atoms with van der Waals surface area (Å²) in [7, 11) is 0. The third-order valence-corrected chi connectivity index (χ3v) is 3.40. The van der Waals surface area contributed by atoms with Gasteiger partial charge in [-0.05, 0) is 37.5 Å². The number of hydrazine groups is 1. The fraction of sp³-hybridized carbons (Fsp3) is 0.636. The molecule has 0 radical (unpaired) electrons. The van der Waals surface area contributed by atoms with Crippen LogP contribution >= 0.6 is 11.6 Å². The summed E-state index contributed by atoms with van der Waals surface area (Å²) >= 11 is 5.93. The standard InChI is InChI=1S/C11H18ClN3O/c12-10-5-4-8(7-14-10)6-9-2-1-3-11(16)15(9)13/h2,7,10-11,14,16H,1,3-6,13H2/t10-,11?/m1/s1. The maximum atomic E-state index is 9.62. The van der Waals surface area contributed by atoms with E-state index in [1.54, 1.807) is 0 Å². The highest BCUT2D eigenvalue weighted by molar-refractivity contribution is 6.20. The second kappa shape index (κ2) is 5.08. The van der Waals surface area contributed by atoms with Crippen molar-refractivity contribution in [2.45, 2.75) is 43.8 Å². The van der Waals surface area contributed by atoms with E-state index < -0.39 is 6.23 Å². The van der Waals surface area contributed by atoms with Crippen LogP contribution in [0.2, 0.25) is 0 Å². The fourth-order valence-electron chi connectivity index (χ4n) is 2.05. The van der Waals surface area contributed by atoms with Crippen molar-refractivity contribution in [3.05, 3.63) is 23.5 Å². The van der Waals surface area contributed by atoms with Crippen LogP contribution in [0.3, 0.4) is 0 Å². The van der Waals surface area contributed by atoms with Gasteiger partial charge in [0.2, 0.25) is 0 Å². The first-order chi connectivity index (χ1) is 7.66. The van der Waals surface area contributed by atoms with Crippen LogP contribution in [0.15, 0.2) is 23.5 Å². The van der Waals surface area contributed by atoms with Crippen molar-refractivity contribution in [1.82, 2.24) is 10.3 Å². The third-order valence-electron chi connectivity index (χ3n) is 3.05. The van der Waals surface area contributed by atoms with E-state index in [-0.39, 0.29) is 5.50 Å². The Morgan fingerprint density at radius 2 is 2.38 bits per heavy atom. The van der Waals surface area contributed by atoms with Crippen LogP contribution in [0, 0.1) is 0 Å². The van der Waals surface area contributed by atoms with Crippen molar-refractivity contribution in [3.63, 3.8) is 0 Å². The van der Waals surface area contributed by atoms with Crippen LogP contribution in [-0.4, -0.2) is 21.8 Å². The Kier molecular flexibility index (Phi) is 3.74. The van der Waals surface area contributed by atoms with Gasteiger partial charge in [0.1, 0.15) is 11.7 Å². The molecule has 0 fully saturated rings. The molecule has 0 bridgehead atoms. The summed E-state index contributed by atoms with van der Waals surface area (Å²) in [6.45, 7) is 0. The summed E-state index contributed by atoms with van der Waals surface area (Å²) in [5.41, 5.74) is 2.33. The minimum atomic E-state index is -0.544. The maximum Gasteiger partial charge on any atom is 0.140 e. The molecule has 2 heterocycles. The number of hydrogen-bond donors (Lipinski definition) is 3. The van der Waals surface area contributed by atoms with Gasteiger partial charge in [0, 0.05) is 12.1 Å². The molecule has 2 aliphatic heterocycles. The molecule has 90 valence electrons. The summed E-state index contributed by atoms with van der Waals surface area (Å²) in [4.78, 5) is 0. The van der Waals surface area contributed by atoms with Gasteiger partial charge in [-0.15, -0.1) is 0 Å². The first-order valence-electron chi connectivity index (χ1n) is 5.66. The first kappa shape index (κ1) is 11.8. The van der Waals surface area contributed by atoms with Gasteiger partial charge >= 0.3 is 0 Å².